The van der Waals surface area contributed by atoms with Crippen molar-refractivity contribution in [2.75, 3.05) is 31.6 Å². The Labute approximate surface area is 117 Å². The summed E-state index contributed by atoms with van der Waals surface area (Å²) in [5, 5.41) is 22.6. The number of nitro groups is 1. The van der Waals surface area contributed by atoms with Gasteiger partial charge in [-0.25, -0.2) is 4.98 Å². The van der Waals surface area contributed by atoms with Crippen molar-refractivity contribution in [2.24, 2.45) is 0 Å². The normalized spacial score (nSPS) is 19.1. The van der Waals surface area contributed by atoms with Gasteiger partial charge in [-0.2, -0.15) is 0 Å². The van der Waals surface area contributed by atoms with Crippen LogP contribution in [0.1, 0.15) is 19.3 Å². The molecule has 1 atom stereocenters. The van der Waals surface area contributed by atoms with Crippen molar-refractivity contribution < 1.29 is 10.0 Å². The summed E-state index contributed by atoms with van der Waals surface area (Å²) in [5.41, 5.74) is 0.00704. The van der Waals surface area contributed by atoms with Crippen molar-refractivity contribution >= 4 is 11.5 Å². The maximum absolute atomic E-state index is 10.5. The van der Waals surface area contributed by atoms with Crippen LogP contribution >= 0.6 is 0 Å². The molecule has 0 bridgehead atoms. The molecule has 110 valence electrons. The first-order chi connectivity index (χ1) is 9.69. The van der Waals surface area contributed by atoms with Gasteiger partial charge in [0.05, 0.1) is 4.92 Å². The number of likely N-dealkylation sites (tertiary alicyclic amines) is 1. The van der Waals surface area contributed by atoms with Gasteiger partial charge in [0.15, 0.2) is 0 Å². The second-order valence-corrected chi connectivity index (χ2v) is 5.02. The van der Waals surface area contributed by atoms with Crippen LogP contribution in [-0.4, -0.2) is 52.2 Å². The van der Waals surface area contributed by atoms with Crippen LogP contribution in [0.5, 0.6) is 0 Å². The largest absolute Gasteiger partial charge is 0.396 e. The highest BCUT2D eigenvalue weighted by atomic mass is 16.6. The molecule has 2 heterocycles. The zero-order chi connectivity index (χ0) is 14.4. The minimum Gasteiger partial charge on any atom is -0.396 e. The molecule has 0 amide bonds. The average Bonchev–Trinajstić information content (AvgIpc) is 2.87. The Kier molecular flexibility index (Phi) is 5.25. The molecule has 2 N–H and O–H groups in total. The standard InChI is InChI=1S/C13H20N4O3/c18-8-2-1-6-16-7-5-11(10-16)15-13-4-3-12(9-14-13)17(19)20/h3-4,9,11,18H,1-2,5-8,10H2,(H,14,15). The molecule has 0 aliphatic carbocycles. The Hall–Kier alpha value is -1.73. The van der Waals surface area contributed by atoms with E-state index in [0.29, 0.717) is 11.9 Å². The van der Waals surface area contributed by atoms with Crippen LogP contribution in [0.2, 0.25) is 0 Å². The van der Waals surface area contributed by atoms with Gasteiger partial charge >= 0.3 is 0 Å². The predicted molar refractivity (Wildman–Crippen MR) is 75.7 cm³/mol. The molecule has 1 aromatic heterocycles. The topological polar surface area (TPSA) is 91.5 Å². The first-order valence-electron chi connectivity index (χ1n) is 6.89. The van der Waals surface area contributed by atoms with E-state index in [1.54, 1.807) is 6.07 Å². The molecule has 1 unspecified atom stereocenters. The second-order valence-electron chi connectivity index (χ2n) is 5.02. The van der Waals surface area contributed by atoms with E-state index in [2.05, 4.69) is 15.2 Å². The van der Waals surface area contributed by atoms with Crippen molar-refractivity contribution in [1.29, 1.82) is 0 Å². The Balaban J connectivity index is 1.78. The molecule has 20 heavy (non-hydrogen) atoms. The number of hydrogen-bond acceptors (Lipinski definition) is 6. The van der Waals surface area contributed by atoms with E-state index >= 15 is 0 Å². The molecule has 0 radical (unpaired) electrons. The van der Waals surface area contributed by atoms with Crippen molar-refractivity contribution in [3.05, 3.63) is 28.4 Å². The highest BCUT2D eigenvalue weighted by Gasteiger charge is 2.22. The van der Waals surface area contributed by atoms with E-state index in [1.807, 2.05) is 0 Å². The lowest BCUT2D eigenvalue weighted by atomic mass is 10.2. The molecule has 2 rings (SSSR count). The predicted octanol–water partition coefficient (Wildman–Crippen LogP) is 1.25. The van der Waals surface area contributed by atoms with Crippen LogP contribution in [0.3, 0.4) is 0 Å². The van der Waals surface area contributed by atoms with Crippen LogP contribution in [0.4, 0.5) is 11.5 Å². The van der Waals surface area contributed by atoms with E-state index in [9.17, 15) is 10.1 Å². The molecule has 1 saturated heterocycles. The number of aliphatic hydroxyl groups excluding tert-OH is 1. The molecule has 0 spiro atoms. The summed E-state index contributed by atoms with van der Waals surface area (Å²) in [6.45, 7) is 3.24. The van der Waals surface area contributed by atoms with Gasteiger partial charge in [0, 0.05) is 31.8 Å². The number of pyridine rings is 1. The molecule has 7 heteroatoms. The molecular formula is C13H20N4O3. The Morgan fingerprint density at radius 1 is 1.50 bits per heavy atom. The van der Waals surface area contributed by atoms with Gasteiger partial charge in [-0.05, 0) is 31.9 Å². The van der Waals surface area contributed by atoms with Gasteiger partial charge < -0.3 is 15.3 Å². The third-order valence-electron chi connectivity index (χ3n) is 3.47. The van der Waals surface area contributed by atoms with E-state index in [-0.39, 0.29) is 12.3 Å². The molecule has 0 saturated carbocycles. The molecule has 1 aliphatic rings. The summed E-state index contributed by atoms with van der Waals surface area (Å²) in [5.74, 6) is 0.679. The van der Waals surface area contributed by atoms with Gasteiger partial charge in [-0.15, -0.1) is 0 Å². The lowest BCUT2D eigenvalue weighted by Gasteiger charge is -2.16. The third kappa shape index (κ3) is 4.14. The fraction of sp³-hybridized carbons (Fsp3) is 0.615. The molecule has 1 aromatic rings. The first kappa shape index (κ1) is 14.7. The van der Waals surface area contributed by atoms with E-state index in [0.717, 1.165) is 38.9 Å². The SMILES string of the molecule is O=[N+]([O-])c1ccc(NC2CCN(CCCCO)C2)nc1. The highest BCUT2D eigenvalue weighted by molar-refractivity contribution is 5.41. The van der Waals surface area contributed by atoms with Crippen LogP contribution in [0.25, 0.3) is 0 Å². The summed E-state index contributed by atoms with van der Waals surface area (Å²) >= 11 is 0. The number of anilines is 1. The number of nitrogens with one attached hydrogen (secondary N) is 1. The summed E-state index contributed by atoms with van der Waals surface area (Å²) in [4.78, 5) is 16.5. The first-order valence-corrected chi connectivity index (χ1v) is 6.89. The van der Waals surface area contributed by atoms with Crippen LogP contribution in [0, 0.1) is 10.1 Å². The van der Waals surface area contributed by atoms with Crippen LogP contribution in [0.15, 0.2) is 18.3 Å². The lowest BCUT2D eigenvalue weighted by Crippen LogP contribution is -2.27. The van der Waals surface area contributed by atoms with Crippen molar-refractivity contribution in [3.63, 3.8) is 0 Å². The quantitative estimate of drug-likeness (QED) is 0.444. The van der Waals surface area contributed by atoms with Crippen molar-refractivity contribution in [3.8, 4) is 0 Å². The Morgan fingerprint density at radius 3 is 3.00 bits per heavy atom. The minimum absolute atomic E-state index is 0.00704. The molecule has 7 nitrogen and oxygen atoms in total. The molecular weight excluding hydrogens is 260 g/mol. The minimum atomic E-state index is -0.449. The zero-order valence-electron chi connectivity index (χ0n) is 11.4. The number of hydrogen-bond donors (Lipinski definition) is 2. The summed E-state index contributed by atoms with van der Waals surface area (Å²) in [7, 11) is 0. The van der Waals surface area contributed by atoms with Crippen molar-refractivity contribution in [1.82, 2.24) is 9.88 Å². The lowest BCUT2D eigenvalue weighted by molar-refractivity contribution is -0.385. The zero-order valence-corrected chi connectivity index (χ0v) is 11.4. The number of unbranched alkanes of at least 4 members (excludes halogenated alkanes) is 1. The smallest absolute Gasteiger partial charge is 0.287 e. The Morgan fingerprint density at radius 2 is 2.35 bits per heavy atom. The van der Waals surface area contributed by atoms with Gasteiger partial charge in [0.1, 0.15) is 12.0 Å². The molecule has 0 aromatic carbocycles. The summed E-state index contributed by atoms with van der Waals surface area (Å²) in [6.07, 6.45) is 4.17. The highest BCUT2D eigenvalue weighted by Crippen LogP contribution is 2.17. The number of rotatable bonds is 7. The van der Waals surface area contributed by atoms with Gasteiger partial charge in [0.2, 0.25) is 0 Å². The van der Waals surface area contributed by atoms with Gasteiger partial charge in [-0.1, -0.05) is 0 Å². The number of aromatic nitrogens is 1. The summed E-state index contributed by atoms with van der Waals surface area (Å²) < 4.78 is 0. The number of nitrogens with zero attached hydrogens (tertiary/aromatic N) is 3. The maximum atomic E-state index is 10.5. The van der Waals surface area contributed by atoms with Crippen LogP contribution in [-0.2, 0) is 0 Å². The molecule has 1 aliphatic heterocycles. The number of aliphatic hydroxyl groups is 1. The second kappa shape index (κ2) is 7.16. The van der Waals surface area contributed by atoms with Crippen LogP contribution < -0.4 is 5.32 Å². The molecule has 1 fully saturated rings. The third-order valence-corrected chi connectivity index (χ3v) is 3.47. The maximum Gasteiger partial charge on any atom is 0.287 e. The van der Waals surface area contributed by atoms with Gasteiger partial charge in [-0.3, -0.25) is 10.1 Å². The van der Waals surface area contributed by atoms with Gasteiger partial charge in [0.25, 0.3) is 5.69 Å². The average molecular weight is 280 g/mol. The summed E-state index contributed by atoms with van der Waals surface area (Å²) in [6, 6.07) is 3.44. The fourth-order valence-corrected chi connectivity index (χ4v) is 2.39. The van der Waals surface area contributed by atoms with Crippen molar-refractivity contribution in [2.45, 2.75) is 25.3 Å². The van der Waals surface area contributed by atoms with E-state index < -0.39 is 4.92 Å². The fourth-order valence-electron chi connectivity index (χ4n) is 2.39. The monoisotopic (exact) mass is 280 g/mol. The van der Waals surface area contributed by atoms with E-state index in [4.69, 9.17) is 5.11 Å². The van der Waals surface area contributed by atoms with E-state index in [1.165, 1.54) is 12.3 Å². The Bertz CT molecular complexity index is 438.